The molecule has 0 heterocycles. The molecule has 0 saturated carbocycles. The lowest BCUT2D eigenvalue weighted by atomic mass is 10.1. The van der Waals surface area contributed by atoms with E-state index in [4.69, 9.17) is 14.2 Å². The molecule has 0 bridgehead atoms. The van der Waals surface area contributed by atoms with E-state index in [1.165, 1.54) is 38.5 Å². The van der Waals surface area contributed by atoms with Crippen LogP contribution in [0.4, 0.5) is 0 Å². The van der Waals surface area contributed by atoms with Crippen LogP contribution in [0.2, 0.25) is 0 Å². The lowest BCUT2D eigenvalue weighted by molar-refractivity contribution is -0.167. The fraction of sp³-hybridized carbons (Fsp3) is 0.685. The Morgan fingerprint density at radius 2 is 0.683 bits per heavy atom. The number of ether oxygens (including phenoxy) is 3. The van der Waals surface area contributed by atoms with Crippen LogP contribution >= 0.6 is 0 Å². The minimum absolute atomic E-state index is 0.0958. The summed E-state index contributed by atoms with van der Waals surface area (Å²) >= 11 is 0. The smallest absolute Gasteiger partial charge is 0.306 e. The first-order valence-electron chi connectivity index (χ1n) is 24.6. The summed E-state index contributed by atoms with van der Waals surface area (Å²) in [5.74, 6) is -0.949. The molecule has 0 aliphatic rings. The van der Waals surface area contributed by atoms with Gasteiger partial charge >= 0.3 is 17.9 Å². The minimum Gasteiger partial charge on any atom is -0.462 e. The van der Waals surface area contributed by atoms with Crippen molar-refractivity contribution >= 4 is 17.9 Å². The van der Waals surface area contributed by atoms with Gasteiger partial charge in [-0.05, 0) is 109 Å². The minimum atomic E-state index is -0.796. The largest absolute Gasteiger partial charge is 0.462 e. The van der Waals surface area contributed by atoms with Gasteiger partial charge < -0.3 is 14.2 Å². The molecule has 342 valence electrons. The molecule has 1 unspecified atom stereocenters. The van der Waals surface area contributed by atoms with Gasteiger partial charge in [0.25, 0.3) is 0 Å². The molecular weight excluding hydrogens is 745 g/mol. The van der Waals surface area contributed by atoms with E-state index < -0.39 is 6.10 Å². The molecule has 0 fully saturated rings. The summed E-state index contributed by atoms with van der Waals surface area (Å²) in [7, 11) is 0. The molecule has 0 aromatic carbocycles. The Hall–Kier alpha value is -3.41. The Bertz CT molecular complexity index is 1190. The zero-order valence-electron chi connectivity index (χ0n) is 38.9. The normalized spacial score (nSPS) is 12.8. The molecular formula is C54H90O6. The maximum Gasteiger partial charge on any atom is 0.306 e. The van der Waals surface area contributed by atoms with Crippen molar-refractivity contribution in [3.63, 3.8) is 0 Å². The van der Waals surface area contributed by atoms with Crippen molar-refractivity contribution in [2.24, 2.45) is 0 Å². The van der Waals surface area contributed by atoms with Crippen molar-refractivity contribution in [2.75, 3.05) is 13.2 Å². The van der Waals surface area contributed by atoms with Gasteiger partial charge in [-0.15, -0.1) is 0 Å². The van der Waals surface area contributed by atoms with E-state index in [1.54, 1.807) is 0 Å². The molecule has 6 nitrogen and oxygen atoms in total. The molecule has 0 aromatic heterocycles. The Morgan fingerprint density at radius 3 is 1.10 bits per heavy atom. The number of carbonyl (C=O) groups is 3. The van der Waals surface area contributed by atoms with Crippen LogP contribution in [0.15, 0.2) is 85.1 Å². The third kappa shape index (κ3) is 45.7. The van der Waals surface area contributed by atoms with Crippen LogP contribution < -0.4 is 0 Å². The number of unbranched alkanes of at least 4 members (excludes halogenated alkanes) is 18. The molecule has 0 amide bonds. The SMILES string of the molecule is CC/C=C\C/C=C\C/C=C\C/C=C\CCCCCCC(=O)OCC(COC(=O)CCCCCCC/C=C\CCC)OC(=O)CCCCCCC/C=C\C/C=C\CCCCC. The maximum atomic E-state index is 12.8. The Morgan fingerprint density at radius 1 is 0.350 bits per heavy atom. The summed E-state index contributed by atoms with van der Waals surface area (Å²) in [6.07, 6.45) is 61.3. The highest BCUT2D eigenvalue weighted by Gasteiger charge is 2.19. The van der Waals surface area contributed by atoms with Crippen LogP contribution in [0.25, 0.3) is 0 Å². The van der Waals surface area contributed by atoms with E-state index in [0.29, 0.717) is 19.3 Å². The van der Waals surface area contributed by atoms with E-state index >= 15 is 0 Å². The van der Waals surface area contributed by atoms with Gasteiger partial charge in [0.15, 0.2) is 6.10 Å². The fourth-order valence-electron chi connectivity index (χ4n) is 6.40. The number of hydrogen-bond acceptors (Lipinski definition) is 6. The third-order valence-corrected chi connectivity index (χ3v) is 10.1. The van der Waals surface area contributed by atoms with Crippen molar-refractivity contribution < 1.29 is 28.6 Å². The molecule has 0 aliphatic carbocycles. The Balaban J connectivity index is 4.44. The van der Waals surface area contributed by atoms with Gasteiger partial charge in [0.2, 0.25) is 0 Å². The Kier molecular flexibility index (Phi) is 45.5. The molecule has 1 atom stereocenters. The molecule has 0 aliphatic heterocycles. The maximum absolute atomic E-state index is 12.8. The van der Waals surface area contributed by atoms with E-state index in [1.807, 2.05) is 0 Å². The van der Waals surface area contributed by atoms with Crippen LogP contribution in [0.3, 0.4) is 0 Å². The van der Waals surface area contributed by atoms with Crippen molar-refractivity contribution in [3.8, 4) is 0 Å². The molecule has 60 heavy (non-hydrogen) atoms. The lowest BCUT2D eigenvalue weighted by Crippen LogP contribution is -2.30. The van der Waals surface area contributed by atoms with Crippen molar-refractivity contribution in [1.29, 1.82) is 0 Å². The summed E-state index contributed by atoms with van der Waals surface area (Å²) in [5.41, 5.74) is 0. The summed E-state index contributed by atoms with van der Waals surface area (Å²) in [5, 5.41) is 0. The average Bonchev–Trinajstić information content (AvgIpc) is 3.24. The summed E-state index contributed by atoms with van der Waals surface area (Å²) < 4.78 is 16.7. The molecule has 0 N–H and O–H groups in total. The van der Waals surface area contributed by atoms with Gasteiger partial charge in [0.05, 0.1) is 0 Å². The molecule has 0 radical (unpaired) electrons. The Labute approximate surface area is 369 Å². The average molecular weight is 835 g/mol. The highest BCUT2D eigenvalue weighted by atomic mass is 16.6. The van der Waals surface area contributed by atoms with Crippen LogP contribution in [-0.2, 0) is 28.6 Å². The summed E-state index contributed by atoms with van der Waals surface area (Å²) in [6.45, 7) is 6.38. The van der Waals surface area contributed by atoms with E-state index in [-0.39, 0.29) is 31.1 Å². The number of carbonyl (C=O) groups excluding carboxylic acids is 3. The second kappa shape index (κ2) is 48.3. The first kappa shape index (κ1) is 56.6. The van der Waals surface area contributed by atoms with Gasteiger partial charge in [-0.2, -0.15) is 0 Å². The number of allylic oxidation sites excluding steroid dienone is 14. The van der Waals surface area contributed by atoms with Crippen LogP contribution in [0.5, 0.6) is 0 Å². The molecule has 0 rings (SSSR count). The second-order valence-corrected chi connectivity index (χ2v) is 16.0. The summed E-state index contributed by atoms with van der Waals surface area (Å²) in [6, 6.07) is 0. The van der Waals surface area contributed by atoms with Gasteiger partial charge in [-0.1, -0.05) is 176 Å². The monoisotopic (exact) mass is 835 g/mol. The summed E-state index contributed by atoms with van der Waals surface area (Å²) in [4.78, 5) is 37.9. The molecule has 0 saturated heterocycles. The highest BCUT2D eigenvalue weighted by molar-refractivity contribution is 5.71. The van der Waals surface area contributed by atoms with Gasteiger partial charge in [0, 0.05) is 19.3 Å². The van der Waals surface area contributed by atoms with Crippen molar-refractivity contribution in [2.45, 2.75) is 226 Å². The van der Waals surface area contributed by atoms with E-state index in [0.717, 1.165) is 141 Å². The number of hydrogen-bond donors (Lipinski definition) is 0. The zero-order valence-corrected chi connectivity index (χ0v) is 38.9. The first-order valence-corrected chi connectivity index (χ1v) is 24.6. The van der Waals surface area contributed by atoms with Gasteiger partial charge in [-0.3, -0.25) is 14.4 Å². The predicted molar refractivity (Wildman–Crippen MR) is 256 cm³/mol. The van der Waals surface area contributed by atoms with Crippen LogP contribution in [-0.4, -0.2) is 37.2 Å². The highest BCUT2D eigenvalue weighted by Crippen LogP contribution is 2.13. The fourth-order valence-corrected chi connectivity index (χ4v) is 6.40. The quantitative estimate of drug-likeness (QED) is 0.0263. The third-order valence-electron chi connectivity index (χ3n) is 10.1. The number of esters is 3. The second-order valence-electron chi connectivity index (χ2n) is 16.0. The van der Waals surface area contributed by atoms with Gasteiger partial charge in [0.1, 0.15) is 13.2 Å². The number of rotatable bonds is 43. The first-order chi connectivity index (χ1) is 29.5. The van der Waals surface area contributed by atoms with Crippen LogP contribution in [0.1, 0.15) is 220 Å². The zero-order chi connectivity index (χ0) is 43.7. The topological polar surface area (TPSA) is 78.9 Å². The van der Waals surface area contributed by atoms with Crippen LogP contribution in [0, 0.1) is 0 Å². The van der Waals surface area contributed by atoms with Gasteiger partial charge in [-0.25, -0.2) is 0 Å². The molecule has 0 spiro atoms. The van der Waals surface area contributed by atoms with E-state index in [9.17, 15) is 14.4 Å². The molecule has 0 aromatic rings. The lowest BCUT2D eigenvalue weighted by Gasteiger charge is -2.18. The van der Waals surface area contributed by atoms with Crippen molar-refractivity contribution in [1.82, 2.24) is 0 Å². The van der Waals surface area contributed by atoms with E-state index in [2.05, 4.69) is 106 Å². The van der Waals surface area contributed by atoms with Crippen molar-refractivity contribution in [3.05, 3.63) is 85.1 Å². The standard InChI is InChI=1S/C54H90O6/c1-4-7-10-13-16-19-22-24-26-27-29-30-32-35-38-41-44-47-53(56)59-50-51(49-58-52(55)46-43-40-37-34-21-18-15-12-9-6-3)60-54(57)48-45-42-39-36-33-31-28-25-23-20-17-14-11-8-5-2/h7,10,12,15-17,19-20,24-26,28-30,51H,4-6,8-9,11,13-14,18,21-23,27,31-50H2,1-3H3/b10-7-,15-12-,19-16-,20-17-,26-24-,28-25-,30-29-. The molecule has 6 heteroatoms. The predicted octanol–water partition coefficient (Wildman–Crippen LogP) is 16.0.